The summed E-state index contributed by atoms with van der Waals surface area (Å²) in [5.41, 5.74) is 2.42. The van der Waals surface area contributed by atoms with Gasteiger partial charge in [-0.15, -0.1) is 0 Å². The Morgan fingerprint density at radius 1 is 1.19 bits per heavy atom. The summed E-state index contributed by atoms with van der Waals surface area (Å²) in [6, 6.07) is 9.91. The smallest absolute Gasteiger partial charge is 0.267 e. The van der Waals surface area contributed by atoms with Crippen molar-refractivity contribution in [2.24, 2.45) is 5.10 Å². The van der Waals surface area contributed by atoms with E-state index >= 15 is 0 Å². The van der Waals surface area contributed by atoms with Gasteiger partial charge in [0, 0.05) is 24.2 Å². The maximum Gasteiger partial charge on any atom is 0.271 e. The molecule has 9 heteroatoms. The lowest BCUT2D eigenvalue weighted by Crippen LogP contribution is -2.28. The van der Waals surface area contributed by atoms with Gasteiger partial charge >= 0.3 is 0 Å². The van der Waals surface area contributed by atoms with Gasteiger partial charge in [-0.25, -0.2) is 18.2 Å². The number of nitrogens with zero attached hydrogens (tertiary/aromatic N) is 2. The number of nitrogens with one attached hydrogen (secondary N) is 1. The molecule has 0 aromatic heterocycles. The van der Waals surface area contributed by atoms with E-state index in [9.17, 15) is 17.6 Å². The third-order valence-corrected chi connectivity index (χ3v) is 6.38. The van der Waals surface area contributed by atoms with Crippen molar-refractivity contribution in [3.8, 4) is 0 Å². The first-order chi connectivity index (χ1) is 12.9. The van der Waals surface area contributed by atoms with Crippen LogP contribution in [0.25, 0.3) is 0 Å². The topological polar surface area (TPSA) is 78.8 Å². The summed E-state index contributed by atoms with van der Waals surface area (Å²) in [4.78, 5) is 12.3. The van der Waals surface area contributed by atoms with E-state index in [0.717, 1.165) is 19.1 Å². The van der Waals surface area contributed by atoms with E-state index < -0.39 is 21.7 Å². The normalized spacial score (nSPS) is 15.3. The second kappa shape index (κ2) is 8.16. The van der Waals surface area contributed by atoms with Gasteiger partial charge in [0.2, 0.25) is 10.0 Å². The molecule has 2 aromatic carbocycles. The lowest BCUT2D eigenvalue weighted by molar-refractivity contribution is 0.0955. The molecule has 1 N–H and O–H groups in total. The fraction of sp³-hybridized carbons (Fsp3) is 0.222. The van der Waals surface area contributed by atoms with Crippen LogP contribution in [0.2, 0.25) is 5.02 Å². The van der Waals surface area contributed by atoms with Crippen LogP contribution in [-0.2, 0) is 10.0 Å². The zero-order valence-electron chi connectivity index (χ0n) is 14.2. The monoisotopic (exact) mass is 409 g/mol. The summed E-state index contributed by atoms with van der Waals surface area (Å²) in [6.45, 7) is 0.957. The van der Waals surface area contributed by atoms with Crippen molar-refractivity contribution in [1.29, 1.82) is 0 Å². The van der Waals surface area contributed by atoms with E-state index in [2.05, 4.69) is 10.5 Å². The Morgan fingerprint density at radius 2 is 1.89 bits per heavy atom. The van der Waals surface area contributed by atoms with Crippen LogP contribution in [0.1, 0.15) is 28.8 Å². The number of hydrogen-bond donors (Lipinski definition) is 1. The highest BCUT2D eigenvalue weighted by molar-refractivity contribution is 7.89. The molecule has 1 aliphatic heterocycles. The Balaban J connectivity index is 1.75. The predicted molar refractivity (Wildman–Crippen MR) is 101 cm³/mol. The molecule has 6 nitrogen and oxygen atoms in total. The van der Waals surface area contributed by atoms with Gasteiger partial charge < -0.3 is 0 Å². The van der Waals surface area contributed by atoms with Gasteiger partial charge in [-0.3, -0.25) is 4.79 Å². The Morgan fingerprint density at radius 3 is 2.59 bits per heavy atom. The van der Waals surface area contributed by atoms with Crippen molar-refractivity contribution >= 4 is 33.7 Å². The van der Waals surface area contributed by atoms with Gasteiger partial charge in [-0.05, 0) is 43.2 Å². The predicted octanol–water partition coefficient (Wildman–Crippen LogP) is 3.03. The zero-order chi connectivity index (χ0) is 19.4. The maximum atomic E-state index is 13.7. The molecule has 0 bridgehead atoms. The minimum Gasteiger partial charge on any atom is -0.267 e. The number of carbonyl (C=O) groups excluding carboxylic acids is 1. The molecule has 1 fully saturated rings. The summed E-state index contributed by atoms with van der Waals surface area (Å²) in [7, 11) is -3.62. The molecule has 0 unspecified atom stereocenters. The molecule has 1 amide bonds. The fourth-order valence-corrected chi connectivity index (χ4v) is 4.50. The van der Waals surface area contributed by atoms with Gasteiger partial charge in [0.15, 0.2) is 0 Å². The number of halogens is 2. The molecule has 142 valence electrons. The largest absolute Gasteiger partial charge is 0.271 e. The Hall–Kier alpha value is -2.29. The highest BCUT2D eigenvalue weighted by atomic mass is 35.5. The van der Waals surface area contributed by atoms with Crippen LogP contribution >= 0.6 is 11.6 Å². The Labute approximate surface area is 161 Å². The minimum absolute atomic E-state index is 0.0461. The highest BCUT2D eigenvalue weighted by Crippen LogP contribution is 2.21. The molecule has 1 aliphatic rings. The van der Waals surface area contributed by atoms with Gasteiger partial charge in [0.1, 0.15) is 5.82 Å². The lowest BCUT2D eigenvalue weighted by Gasteiger charge is -2.15. The number of carbonyl (C=O) groups is 1. The lowest BCUT2D eigenvalue weighted by atomic mass is 10.2. The minimum atomic E-state index is -3.62. The summed E-state index contributed by atoms with van der Waals surface area (Å²) >= 11 is 5.88. The van der Waals surface area contributed by atoms with Crippen LogP contribution in [-0.4, -0.2) is 37.9 Å². The molecule has 1 saturated heterocycles. The van der Waals surface area contributed by atoms with Crippen LogP contribution in [0.5, 0.6) is 0 Å². The van der Waals surface area contributed by atoms with Crippen molar-refractivity contribution < 1.29 is 17.6 Å². The fourth-order valence-electron chi connectivity index (χ4n) is 2.73. The second-order valence-corrected chi connectivity index (χ2v) is 8.32. The van der Waals surface area contributed by atoms with Gasteiger partial charge in [0.25, 0.3) is 5.91 Å². The third-order valence-electron chi connectivity index (χ3n) is 4.16. The van der Waals surface area contributed by atoms with E-state index in [1.165, 1.54) is 46.8 Å². The van der Waals surface area contributed by atoms with Crippen molar-refractivity contribution in [3.05, 3.63) is 64.4 Å². The first-order valence-electron chi connectivity index (χ1n) is 8.27. The van der Waals surface area contributed by atoms with E-state index in [1.54, 1.807) is 0 Å². The van der Waals surface area contributed by atoms with E-state index in [1.807, 2.05) is 0 Å². The first-order valence-corrected chi connectivity index (χ1v) is 10.1. The van der Waals surface area contributed by atoms with Crippen molar-refractivity contribution in [2.45, 2.75) is 17.7 Å². The molecule has 2 aromatic rings. The van der Waals surface area contributed by atoms with Gasteiger partial charge in [0.05, 0.1) is 16.1 Å². The second-order valence-electron chi connectivity index (χ2n) is 5.97. The number of sulfonamides is 1. The van der Waals surface area contributed by atoms with Crippen LogP contribution in [0.4, 0.5) is 4.39 Å². The first kappa shape index (κ1) is 19.5. The maximum absolute atomic E-state index is 13.7. The highest BCUT2D eigenvalue weighted by Gasteiger charge is 2.27. The average Bonchev–Trinajstić information content (AvgIpc) is 3.20. The molecule has 0 aliphatic carbocycles. The summed E-state index contributed by atoms with van der Waals surface area (Å²) in [5, 5.41) is 3.86. The van der Waals surface area contributed by atoms with Crippen LogP contribution in [0.15, 0.2) is 52.5 Å². The molecule has 0 radical (unpaired) electrons. The number of hydrogen-bond acceptors (Lipinski definition) is 4. The summed E-state index contributed by atoms with van der Waals surface area (Å²) < 4.78 is 40.3. The van der Waals surface area contributed by atoms with Gasteiger partial charge in [-0.2, -0.15) is 9.41 Å². The third kappa shape index (κ3) is 4.35. The molecular weight excluding hydrogens is 393 g/mol. The SMILES string of the molecule is O=C(NN=Cc1c(F)cccc1Cl)c1cccc(S(=O)(=O)N2CCCC2)c1. The molecule has 0 saturated carbocycles. The molecule has 1 heterocycles. The number of rotatable bonds is 5. The van der Waals surface area contributed by atoms with E-state index in [-0.39, 0.29) is 21.0 Å². The van der Waals surface area contributed by atoms with E-state index in [4.69, 9.17) is 11.6 Å². The zero-order valence-corrected chi connectivity index (χ0v) is 15.8. The van der Waals surface area contributed by atoms with Crippen LogP contribution in [0, 0.1) is 5.82 Å². The number of amides is 1. The van der Waals surface area contributed by atoms with E-state index in [0.29, 0.717) is 13.1 Å². The molecule has 3 rings (SSSR count). The number of hydrazone groups is 1. The Bertz CT molecular complexity index is 969. The molecule has 0 atom stereocenters. The number of benzene rings is 2. The molecule has 0 spiro atoms. The standard InChI is InChI=1S/C18H17ClFN3O3S/c19-16-7-4-8-17(20)15(16)12-21-22-18(24)13-5-3-6-14(11-13)27(25,26)23-9-1-2-10-23/h3-8,11-12H,1-2,9-10H2,(H,22,24). The van der Waals surface area contributed by atoms with Crippen LogP contribution < -0.4 is 5.43 Å². The van der Waals surface area contributed by atoms with Crippen LogP contribution in [0.3, 0.4) is 0 Å². The van der Waals surface area contributed by atoms with Crippen molar-refractivity contribution in [2.75, 3.05) is 13.1 Å². The van der Waals surface area contributed by atoms with Crippen molar-refractivity contribution in [1.82, 2.24) is 9.73 Å². The average molecular weight is 410 g/mol. The summed E-state index contributed by atoms with van der Waals surface area (Å²) in [5.74, 6) is -1.18. The van der Waals surface area contributed by atoms with Gasteiger partial charge in [-0.1, -0.05) is 23.7 Å². The molecular formula is C18H17ClFN3O3S. The quantitative estimate of drug-likeness (QED) is 0.609. The molecule has 27 heavy (non-hydrogen) atoms. The summed E-state index contributed by atoms with van der Waals surface area (Å²) in [6.07, 6.45) is 2.75. The van der Waals surface area contributed by atoms with Crippen molar-refractivity contribution in [3.63, 3.8) is 0 Å². The Kier molecular flexibility index (Phi) is 5.88.